The van der Waals surface area contributed by atoms with Gasteiger partial charge in [-0.25, -0.2) is 8.42 Å². The van der Waals surface area contributed by atoms with Gasteiger partial charge >= 0.3 is 0 Å². The lowest BCUT2D eigenvalue weighted by Gasteiger charge is -2.34. The zero-order valence-corrected chi connectivity index (χ0v) is 13.9. The second-order valence-corrected chi connectivity index (χ2v) is 8.48. The summed E-state index contributed by atoms with van der Waals surface area (Å²) < 4.78 is 26.6. The fourth-order valence-corrected chi connectivity index (χ4v) is 4.81. The molecule has 1 heterocycles. The van der Waals surface area contributed by atoms with Gasteiger partial charge in [-0.05, 0) is 40.9 Å². The summed E-state index contributed by atoms with van der Waals surface area (Å²) in [7, 11) is -3.12. The highest BCUT2D eigenvalue weighted by Crippen LogP contribution is 2.31. The number of sulfonamides is 1. The number of hydrogen-bond acceptors (Lipinski definition) is 3. The standard InChI is InChI=1S/C14H17BrN2O3S/c15-13-4-2-1-3-12(13)14(18)16-7-9-17(10-8-16)21(19,20)11-5-6-11/h1-4,11H,5-10H2. The maximum absolute atomic E-state index is 12.5. The van der Waals surface area contributed by atoms with Crippen LogP contribution in [0.3, 0.4) is 0 Å². The zero-order chi connectivity index (χ0) is 15.0. The maximum Gasteiger partial charge on any atom is 0.255 e. The van der Waals surface area contributed by atoms with E-state index in [-0.39, 0.29) is 11.2 Å². The topological polar surface area (TPSA) is 57.7 Å². The fourth-order valence-electron chi connectivity index (χ4n) is 2.53. The third-order valence-electron chi connectivity index (χ3n) is 3.94. The average Bonchev–Trinajstić information content (AvgIpc) is 3.32. The summed E-state index contributed by atoms with van der Waals surface area (Å²) >= 11 is 3.38. The predicted octanol–water partition coefficient (Wildman–Crippen LogP) is 1.70. The molecule has 7 heteroatoms. The van der Waals surface area contributed by atoms with Gasteiger partial charge in [0.1, 0.15) is 0 Å². The molecule has 3 rings (SSSR count). The van der Waals surface area contributed by atoms with Crippen LogP contribution in [-0.2, 0) is 10.0 Å². The zero-order valence-electron chi connectivity index (χ0n) is 11.5. The second-order valence-electron chi connectivity index (χ2n) is 5.42. The van der Waals surface area contributed by atoms with Crippen molar-refractivity contribution in [2.75, 3.05) is 26.2 Å². The van der Waals surface area contributed by atoms with Crippen LogP contribution in [-0.4, -0.2) is 55.0 Å². The number of piperazine rings is 1. The number of carbonyl (C=O) groups is 1. The lowest BCUT2D eigenvalue weighted by atomic mass is 10.2. The van der Waals surface area contributed by atoms with E-state index < -0.39 is 10.0 Å². The van der Waals surface area contributed by atoms with Crippen LogP contribution in [0.25, 0.3) is 0 Å². The van der Waals surface area contributed by atoms with Crippen molar-refractivity contribution >= 4 is 31.9 Å². The van der Waals surface area contributed by atoms with Gasteiger partial charge in [-0.3, -0.25) is 4.79 Å². The van der Waals surface area contributed by atoms with Gasteiger partial charge in [-0.1, -0.05) is 12.1 Å². The molecule has 1 aromatic rings. The van der Waals surface area contributed by atoms with Crippen LogP contribution in [0.1, 0.15) is 23.2 Å². The Morgan fingerprint density at radius 1 is 1.10 bits per heavy atom. The van der Waals surface area contributed by atoms with Crippen molar-refractivity contribution in [3.05, 3.63) is 34.3 Å². The minimum absolute atomic E-state index is 0.0501. The first-order valence-electron chi connectivity index (χ1n) is 7.03. The van der Waals surface area contributed by atoms with Crippen molar-refractivity contribution in [3.8, 4) is 0 Å². The van der Waals surface area contributed by atoms with Crippen molar-refractivity contribution in [1.82, 2.24) is 9.21 Å². The van der Waals surface area contributed by atoms with Crippen molar-refractivity contribution in [1.29, 1.82) is 0 Å². The van der Waals surface area contributed by atoms with Crippen LogP contribution in [0.5, 0.6) is 0 Å². The molecule has 1 aliphatic heterocycles. The monoisotopic (exact) mass is 372 g/mol. The first kappa shape index (κ1) is 15.0. The first-order chi connectivity index (χ1) is 10.00. The van der Waals surface area contributed by atoms with Crippen molar-refractivity contribution < 1.29 is 13.2 Å². The SMILES string of the molecule is O=C(c1ccccc1Br)N1CCN(S(=O)(=O)C2CC2)CC1. The normalized spacial score (nSPS) is 20.5. The summed E-state index contributed by atoms with van der Waals surface area (Å²) in [5.74, 6) is -0.0501. The summed E-state index contributed by atoms with van der Waals surface area (Å²) in [5, 5.41) is -0.178. The highest BCUT2D eigenvalue weighted by atomic mass is 79.9. The molecule has 21 heavy (non-hydrogen) atoms. The summed E-state index contributed by atoms with van der Waals surface area (Å²) in [4.78, 5) is 14.2. The number of rotatable bonds is 3. The van der Waals surface area contributed by atoms with E-state index in [1.165, 1.54) is 4.31 Å². The van der Waals surface area contributed by atoms with E-state index >= 15 is 0 Å². The van der Waals surface area contributed by atoms with E-state index in [9.17, 15) is 13.2 Å². The molecule has 1 saturated heterocycles. The van der Waals surface area contributed by atoms with Gasteiger partial charge in [0.2, 0.25) is 10.0 Å². The molecule has 114 valence electrons. The Hall–Kier alpha value is -0.920. The third-order valence-corrected chi connectivity index (χ3v) is 7.03. The molecule has 2 fully saturated rings. The summed E-state index contributed by atoms with van der Waals surface area (Å²) in [6, 6.07) is 7.30. The smallest absolute Gasteiger partial charge is 0.255 e. The number of halogens is 1. The van der Waals surface area contributed by atoms with Crippen LogP contribution >= 0.6 is 15.9 Å². The highest BCUT2D eigenvalue weighted by molar-refractivity contribution is 9.10. The maximum atomic E-state index is 12.5. The minimum Gasteiger partial charge on any atom is -0.336 e. The Labute approximate surface area is 133 Å². The molecule has 0 N–H and O–H groups in total. The van der Waals surface area contributed by atoms with Crippen LogP contribution in [0, 0.1) is 0 Å². The lowest BCUT2D eigenvalue weighted by molar-refractivity contribution is 0.0697. The van der Waals surface area contributed by atoms with Crippen LogP contribution < -0.4 is 0 Å². The fraction of sp³-hybridized carbons (Fsp3) is 0.500. The van der Waals surface area contributed by atoms with Gasteiger partial charge in [-0.15, -0.1) is 0 Å². The Kier molecular flexibility index (Phi) is 4.07. The summed E-state index contributed by atoms with van der Waals surface area (Å²) in [5.41, 5.74) is 0.621. The number of amides is 1. The Bertz CT molecular complexity index is 650. The molecule has 0 radical (unpaired) electrons. The van der Waals surface area contributed by atoms with Crippen LogP contribution in [0.4, 0.5) is 0 Å². The van der Waals surface area contributed by atoms with Gasteiger partial charge in [0.05, 0.1) is 10.8 Å². The highest BCUT2D eigenvalue weighted by Gasteiger charge is 2.41. The van der Waals surface area contributed by atoms with E-state index in [1.54, 1.807) is 11.0 Å². The molecule has 0 aromatic heterocycles. The molecule has 5 nitrogen and oxygen atoms in total. The largest absolute Gasteiger partial charge is 0.336 e. The number of nitrogens with zero attached hydrogens (tertiary/aromatic N) is 2. The predicted molar refractivity (Wildman–Crippen MR) is 83.6 cm³/mol. The van der Waals surface area contributed by atoms with E-state index in [1.807, 2.05) is 18.2 Å². The molecule has 0 atom stereocenters. The Morgan fingerprint density at radius 3 is 2.29 bits per heavy atom. The van der Waals surface area contributed by atoms with Gasteiger partial charge in [0, 0.05) is 30.7 Å². The van der Waals surface area contributed by atoms with Crippen LogP contribution in [0.2, 0.25) is 0 Å². The van der Waals surface area contributed by atoms with Gasteiger partial charge in [0.25, 0.3) is 5.91 Å². The van der Waals surface area contributed by atoms with E-state index in [2.05, 4.69) is 15.9 Å². The third kappa shape index (κ3) is 3.00. The number of benzene rings is 1. The van der Waals surface area contributed by atoms with E-state index in [0.717, 1.165) is 17.3 Å². The second kappa shape index (κ2) is 5.70. The average molecular weight is 373 g/mol. The lowest BCUT2D eigenvalue weighted by Crippen LogP contribution is -2.51. The number of hydrogen-bond donors (Lipinski definition) is 0. The molecular weight excluding hydrogens is 356 g/mol. The Balaban J connectivity index is 1.66. The molecular formula is C14H17BrN2O3S. The molecule has 1 saturated carbocycles. The quantitative estimate of drug-likeness (QED) is 0.811. The molecule has 1 aliphatic carbocycles. The molecule has 0 unspecified atom stereocenters. The molecule has 2 aliphatic rings. The van der Waals surface area contributed by atoms with Crippen molar-refractivity contribution in [2.45, 2.75) is 18.1 Å². The van der Waals surface area contributed by atoms with Gasteiger partial charge in [-0.2, -0.15) is 4.31 Å². The van der Waals surface area contributed by atoms with Gasteiger partial charge < -0.3 is 4.90 Å². The molecule has 0 bridgehead atoms. The number of carbonyl (C=O) groups excluding carboxylic acids is 1. The molecule has 1 aromatic carbocycles. The molecule has 0 spiro atoms. The Morgan fingerprint density at radius 2 is 1.71 bits per heavy atom. The first-order valence-corrected chi connectivity index (χ1v) is 9.32. The summed E-state index contributed by atoms with van der Waals surface area (Å²) in [6.45, 7) is 1.70. The van der Waals surface area contributed by atoms with E-state index in [0.29, 0.717) is 31.7 Å². The summed E-state index contributed by atoms with van der Waals surface area (Å²) in [6.07, 6.45) is 1.55. The van der Waals surface area contributed by atoms with Crippen LogP contribution in [0.15, 0.2) is 28.7 Å². The van der Waals surface area contributed by atoms with Crippen molar-refractivity contribution in [3.63, 3.8) is 0 Å². The van der Waals surface area contributed by atoms with E-state index in [4.69, 9.17) is 0 Å². The molecule has 1 amide bonds. The minimum atomic E-state index is -3.12. The van der Waals surface area contributed by atoms with Crippen molar-refractivity contribution in [2.24, 2.45) is 0 Å². The van der Waals surface area contributed by atoms with Gasteiger partial charge in [0.15, 0.2) is 0 Å².